The van der Waals surface area contributed by atoms with E-state index in [1.165, 1.54) is 19.3 Å². The maximum Gasteiger partial charge on any atom is 0.236 e. The van der Waals surface area contributed by atoms with Crippen LogP contribution in [0.4, 0.5) is 5.95 Å². The van der Waals surface area contributed by atoms with Crippen molar-refractivity contribution in [2.75, 3.05) is 58.3 Å². The Kier molecular flexibility index (Phi) is 5.09. The van der Waals surface area contributed by atoms with Gasteiger partial charge in [-0.05, 0) is 12.8 Å². The van der Waals surface area contributed by atoms with E-state index in [0.29, 0.717) is 6.54 Å². The van der Waals surface area contributed by atoms with Gasteiger partial charge in [0.25, 0.3) is 0 Å². The molecule has 1 aliphatic carbocycles. The Morgan fingerprint density at radius 1 is 1.19 bits per heavy atom. The number of rotatable bonds is 4. The number of aromatic nitrogens is 2. The van der Waals surface area contributed by atoms with E-state index in [-0.39, 0.29) is 5.91 Å². The number of carbonyl (C=O) groups excluding carboxylic acids is 1. The van der Waals surface area contributed by atoms with Crippen LogP contribution in [0.5, 0.6) is 0 Å². The second-order valence-electron chi connectivity index (χ2n) is 8.00. The minimum absolute atomic E-state index is 0.271. The summed E-state index contributed by atoms with van der Waals surface area (Å²) in [6.45, 7) is 6.03. The van der Waals surface area contributed by atoms with Crippen LogP contribution in [-0.2, 0) is 17.8 Å². The molecular formula is C19H30N6O. The predicted molar refractivity (Wildman–Crippen MR) is 101 cm³/mol. The molecular weight excluding hydrogens is 328 g/mol. The van der Waals surface area contributed by atoms with Gasteiger partial charge in [0.05, 0.1) is 12.2 Å². The first kappa shape index (κ1) is 17.7. The predicted octanol–water partition coefficient (Wildman–Crippen LogP) is 0.597. The molecule has 3 heterocycles. The molecule has 0 radical (unpaired) electrons. The number of piperazine rings is 1. The van der Waals surface area contributed by atoms with Crippen LogP contribution in [-0.4, -0.2) is 90.0 Å². The molecule has 1 aromatic heterocycles. The third-order valence-electron chi connectivity index (χ3n) is 6.02. The summed E-state index contributed by atoms with van der Waals surface area (Å²) in [5, 5.41) is 0. The van der Waals surface area contributed by atoms with Crippen LogP contribution in [0.25, 0.3) is 0 Å². The highest BCUT2D eigenvalue weighted by Crippen LogP contribution is 2.25. The molecule has 2 aliphatic heterocycles. The van der Waals surface area contributed by atoms with Crippen molar-refractivity contribution in [2.24, 2.45) is 0 Å². The van der Waals surface area contributed by atoms with Crippen LogP contribution in [0.2, 0.25) is 0 Å². The summed E-state index contributed by atoms with van der Waals surface area (Å²) in [5.41, 5.74) is 2.28. The molecule has 0 spiro atoms. The number of amides is 1. The standard InChI is InChI=1S/C19H30N6O/c1-22(2)19-20-12-15-13-23(7-6-17(15)21-19)14-18(26)25-10-8-24(9-11-25)16-4-3-5-16/h12,16H,3-11,13-14H2,1-2H3. The van der Waals surface area contributed by atoms with E-state index in [0.717, 1.165) is 68.9 Å². The van der Waals surface area contributed by atoms with Gasteiger partial charge in [0.2, 0.25) is 11.9 Å². The van der Waals surface area contributed by atoms with Gasteiger partial charge in [0.15, 0.2) is 0 Å². The van der Waals surface area contributed by atoms with Gasteiger partial charge in [0, 0.05) is 77.6 Å². The molecule has 7 nitrogen and oxygen atoms in total. The maximum atomic E-state index is 12.7. The Morgan fingerprint density at radius 2 is 1.96 bits per heavy atom. The molecule has 3 aliphatic rings. The Hall–Kier alpha value is -1.73. The largest absolute Gasteiger partial charge is 0.347 e. The SMILES string of the molecule is CN(C)c1ncc2c(n1)CCN(CC(=O)N1CCN(C3CCC3)CC1)C2. The Bertz CT molecular complexity index is 651. The van der Waals surface area contributed by atoms with Gasteiger partial charge >= 0.3 is 0 Å². The average Bonchev–Trinajstić information content (AvgIpc) is 2.60. The van der Waals surface area contributed by atoms with Crippen LogP contribution in [0.1, 0.15) is 30.5 Å². The van der Waals surface area contributed by atoms with Gasteiger partial charge < -0.3 is 9.80 Å². The molecule has 0 aromatic carbocycles. The zero-order chi connectivity index (χ0) is 18.1. The molecule has 142 valence electrons. The zero-order valence-corrected chi connectivity index (χ0v) is 16.0. The molecule has 0 N–H and O–H groups in total. The van der Waals surface area contributed by atoms with Gasteiger partial charge in [-0.3, -0.25) is 14.6 Å². The van der Waals surface area contributed by atoms with Crippen LogP contribution < -0.4 is 4.90 Å². The number of fused-ring (bicyclic) bond motifs is 1. The van der Waals surface area contributed by atoms with E-state index in [2.05, 4.69) is 24.7 Å². The van der Waals surface area contributed by atoms with Gasteiger partial charge in [0.1, 0.15) is 0 Å². The van der Waals surface area contributed by atoms with Gasteiger partial charge in [-0.1, -0.05) is 6.42 Å². The molecule has 1 saturated carbocycles. The molecule has 4 rings (SSSR count). The number of hydrogen-bond acceptors (Lipinski definition) is 6. The lowest BCUT2D eigenvalue weighted by molar-refractivity contribution is -0.135. The van der Waals surface area contributed by atoms with E-state index in [9.17, 15) is 4.79 Å². The van der Waals surface area contributed by atoms with Gasteiger partial charge in [-0.15, -0.1) is 0 Å². The smallest absolute Gasteiger partial charge is 0.236 e. The monoisotopic (exact) mass is 358 g/mol. The van der Waals surface area contributed by atoms with E-state index >= 15 is 0 Å². The van der Waals surface area contributed by atoms with Gasteiger partial charge in [-0.2, -0.15) is 0 Å². The van der Waals surface area contributed by atoms with Crippen molar-refractivity contribution in [3.63, 3.8) is 0 Å². The normalized spacial score (nSPS) is 22.0. The van der Waals surface area contributed by atoms with Crippen molar-refractivity contribution in [3.05, 3.63) is 17.5 Å². The number of anilines is 1. The fourth-order valence-corrected chi connectivity index (χ4v) is 4.09. The average molecular weight is 358 g/mol. The second-order valence-corrected chi connectivity index (χ2v) is 8.00. The minimum atomic E-state index is 0.271. The Morgan fingerprint density at radius 3 is 2.62 bits per heavy atom. The molecule has 7 heteroatoms. The van der Waals surface area contributed by atoms with Crippen molar-refractivity contribution in [3.8, 4) is 0 Å². The van der Waals surface area contributed by atoms with Crippen LogP contribution in [0.3, 0.4) is 0 Å². The molecule has 1 aromatic rings. The summed E-state index contributed by atoms with van der Waals surface area (Å²) >= 11 is 0. The lowest BCUT2D eigenvalue weighted by Gasteiger charge is -2.43. The van der Waals surface area contributed by atoms with Crippen molar-refractivity contribution >= 4 is 11.9 Å². The van der Waals surface area contributed by atoms with Crippen molar-refractivity contribution in [2.45, 2.75) is 38.3 Å². The van der Waals surface area contributed by atoms with E-state index in [1.54, 1.807) is 0 Å². The van der Waals surface area contributed by atoms with Crippen LogP contribution >= 0.6 is 0 Å². The van der Waals surface area contributed by atoms with E-state index < -0.39 is 0 Å². The van der Waals surface area contributed by atoms with Crippen LogP contribution in [0.15, 0.2) is 6.20 Å². The second kappa shape index (κ2) is 7.48. The molecule has 1 saturated heterocycles. The fourth-order valence-electron chi connectivity index (χ4n) is 4.09. The van der Waals surface area contributed by atoms with E-state index in [4.69, 9.17) is 0 Å². The van der Waals surface area contributed by atoms with E-state index in [1.807, 2.05) is 25.2 Å². The molecule has 1 amide bonds. The third kappa shape index (κ3) is 3.69. The number of carbonyl (C=O) groups is 1. The maximum absolute atomic E-state index is 12.7. The number of hydrogen-bond donors (Lipinski definition) is 0. The van der Waals surface area contributed by atoms with Crippen molar-refractivity contribution in [1.29, 1.82) is 0 Å². The molecule has 0 bridgehead atoms. The summed E-state index contributed by atoms with van der Waals surface area (Å²) in [7, 11) is 3.92. The summed E-state index contributed by atoms with van der Waals surface area (Å²) in [5.74, 6) is 1.03. The first-order valence-corrected chi connectivity index (χ1v) is 9.86. The quantitative estimate of drug-likeness (QED) is 0.786. The number of nitrogens with zero attached hydrogens (tertiary/aromatic N) is 6. The highest BCUT2D eigenvalue weighted by Gasteiger charge is 2.30. The summed E-state index contributed by atoms with van der Waals surface area (Å²) in [6, 6.07) is 0.790. The lowest BCUT2D eigenvalue weighted by Crippen LogP contribution is -2.55. The highest BCUT2D eigenvalue weighted by molar-refractivity contribution is 5.78. The Balaban J connectivity index is 1.29. The topological polar surface area (TPSA) is 55.8 Å². The van der Waals surface area contributed by atoms with Gasteiger partial charge in [-0.25, -0.2) is 9.97 Å². The molecule has 26 heavy (non-hydrogen) atoms. The molecule has 0 unspecified atom stereocenters. The van der Waals surface area contributed by atoms with Crippen molar-refractivity contribution in [1.82, 2.24) is 24.7 Å². The highest BCUT2D eigenvalue weighted by atomic mass is 16.2. The molecule has 2 fully saturated rings. The molecule has 0 atom stereocenters. The summed E-state index contributed by atoms with van der Waals surface area (Å²) in [4.78, 5) is 30.6. The summed E-state index contributed by atoms with van der Waals surface area (Å²) in [6.07, 6.45) is 6.88. The third-order valence-corrected chi connectivity index (χ3v) is 6.02. The first-order valence-electron chi connectivity index (χ1n) is 9.86. The fraction of sp³-hybridized carbons (Fsp3) is 0.737. The zero-order valence-electron chi connectivity index (χ0n) is 16.0. The van der Waals surface area contributed by atoms with Crippen molar-refractivity contribution < 1.29 is 4.79 Å². The minimum Gasteiger partial charge on any atom is -0.347 e. The first-order chi connectivity index (χ1) is 12.6. The lowest BCUT2D eigenvalue weighted by atomic mass is 9.91. The van der Waals surface area contributed by atoms with Crippen LogP contribution in [0, 0.1) is 0 Å². The Labute approximate surface area is 156 Å². The summed E-state index contributed by atoms with van der Waals surface area (Å²) < 4.78 is 0.